The summed E-state index contributed by atoms with van der Waals surface area (Å²) >= 11 is 0. The van der Waals surface area contributed by atoms with Gasteiger partial charge in [0.05, 0.1) is 37.4 Å². The van der Waals surface area contributed by atoms with Crippen LogP contribution in [0.3, 0.4) is 0 Å². The number of nitrogens with one attached hydrogen (secondary N) is 1. The molecule has 0 saturated carbocycles. The van der Waals surface area contributed by atoms with Crippen LogP contribution in [0.5, 0.6) is 5.75 Å². The summed E-state index contributed by atoms with van der Waals surface area (Å²) in [6.45, 7) is 4.32. The van der Waals surface area contributed by atoms with Crippen molar-refractivity contribution in [3.8, 4) is 5.75 Å². The van der Waals surface area contributed by atoms with Crippen LogP contribution in [0.25, 0.3) is 0 Å². The van der Waals surface area contributed by atoms with Crippen molar-refractivity contribution in [2.24, 2.45) is 5.92 Å². The molecule has 172 valence electrons. The Morgan fingerprint density at radius 3 is 2.30 bits per heavy atom. The first-order chi connectivity index (χ1) is 16.1. The SMILES string of the molecule is CCOP(=O)(OCC)c1cccc2c1N[C@H](c1ccc(OC)cc1)[C@@H]1Cc3ccccc3[C@H]21. The predicted octanol–water partition coefficient (Wildman–Crippen LogP) is 6.06. The molecule has 0 radical (unpaired) electrons. The van der Waals surface area contributed by atoms with Gasteiger partial charge in [0.2, 0.25) is 0 Å². The van der Waals surface area contributed by atoms with E-state index in [1.54, 1.807) is 7.11 Å². The van der Waals surface area contributed by atoms with Crippen LogP contribution in [-0.4, -0.2) is 20.3 Å². The summed E-state index contributed by atoms with van der Waals surface area (Å²) in [4.78, 5) is 0. The second kappa shape index (κ2) is 8.98. The lowest BCUT2D eigenvalue weighted by Gasteiger charge is -2.39. The average Bonchev–Trinajstić information content (AvgIpc) is 3.23. The molecule has 0 bridgehead atoms. The molecule has 3 aromatic carbocycles. The van der Waals surface area contributed by atoms with Crippen LogP contribution in [0, 0.1) is 5.92 Å². The Morgan fingerprint density at radius 1 is 0.909 bits per heavy atom. The fourth-order valence-corrected chi connectivity index (χ4v) is 7.23. The normalized spacial score (nSPS) is 21.0. The summed E-state index contributed by atoms with van der Waals surface area (Å²) < 4.78 is 30.7. The van der Waals surface area contributed by atoms with Crippen LogP contribution < -0.4 is 15.4 Å². The molecule has 1 heterocycles. The average molecular weight is 464 g/mol. The highest BCUT2D eigenvalue weighted by Crippen LogP contribution is 2.57. The Morgan fingerprint density at radius 2 is 1.61 bits per heavy atom. The lowest BCUT2D eigenvalue weighted by Crippen LogP contribution is -2.33. The number of methoxy groups -OCH3 is 1. The van der Waals surface area contributed by atoms with Gasteiger partial charge in [-0.05, 0) is 66.6 Å². The number of para-hydroxylation sites is 1. The van der Waals surface area contributed by atoms with E-state index in [1.807, 2.05) is 38.1 Å². The number of ether oxygens (including phenoxy) is 1. The Labute approximate surface area is 195 Å². The predicted molar refractivity (Wildman–Crippen MR) is 132 cm³/mol. The third-order valence-corrected chi connectivity index (χ3v) is 8.94. The first-order valence-electron chi connectivity index (χ1n) is 11.6. The third kappa shape index (κ3) is 3.78. The van der Waals surface area contributed by atoms with Gasteiger partial charge in [-0.25, -0.2) is 0 Å². The quantitative estimate of drug-likeness (QED) is 0.432. The van der Waals surface area contributed by atoms with Gasteiger partial charge in [0.1, 0.15) is 5.75 Å². The molecule has 0 amide bonds. The highest BCUT2D eigenvalue weighted by atomic mass is 31.2. The van der Waals surface area contributed by atoms with E-state index in [9.17, 15) is 4.57 Å². The van der Waals surface area contributed by atoms with E-state index < -0.39 is 7.60 Å². The number of fused-ring (bicyclic) bond motifs is 5. The van der Waals surface area contributed by atoms with E-state index >= 15 is 0 Å². The van der Waals surface area contributed by atoms with E-state index in [-0.39, 0.29) is 12.0 Å². The van der Waals surface area contributed by atoms with Crippen LogP contribution in [0.1, 0.15) is 48.1 Å². The molecule has 2 aliphatic rings. The van der Waals surface area contributed by atoms with E-state index in [1.165, 1.54) is 16.7 Å². The molecule has 5 rings (SSSR count). The van der Waals surface area contributed by atoms with Gasteiger partial charge >= 0.3 is 7.60 Å². The molecule has 6 heteroatoms. The van der Waals surface area contributed by atoms with Crippen LogP contribution in [0.4, 0.5) is 5.69 Å². The topological polar surface area (TPSA) is 56.8 Å². The maximum absolute atomic E-state index is 13.9. The minimum absolute atomic E-state index is 0.0543. The van der Waals surface area contributed by atoms with Gasteiger partial charge in [-0.1, -0.05) is 48.5 Å². The van der Waals surface area contributed by atoms with Crippen LogP contribution in [-0.2, 0) is 20.0 Å². The zero-order chi connectivity index (χ0) is 23.0. The van der Waals surface area contributed by atoms with Gasteiger partial charge in [-0.15, -0.1) is 0 Å². The number of rotatable bonds is 7. The molecule has 33 heavy (non-hydrogen) atoms. The highest BCUT2D eigenvalue weighted by molar-refractivity contribution is 7.62. The molecule has 1 N–H and O–H groups in total. The summed E-state index contributed by atoms with van der Waals surface area (Å²) in [6, 6.07) is 23.0. The number of hydrogen-bond acceptors (Lipinski definition) is 5. The summed E-state index contributed by atoms with van der Waals surface area (Å²) in [5.41, 5.74) is 5.95. The standard InChI is InChI=1S/C27H30NO4P/c1-4-31-33(29,32-5-2)24-12-8-11-22-25-21-10-7-6-9-19(21)17-23(25)26(28-27(22)24)18-13-15-20(30-3)16-14-18/h6-16,23,25-26,28H,4-5,17H2,1-3H3/t23-,25-,26-/m1/s1. The number of hydrogen-bond donors (Lipinski definition) is 1. The Kier molecular flexibility index (Phi) is 6.05. The Hall–Kier alpha value is -2.59. The van der Waals surface area contributed by atoms with E-state index in [0.29, 0.717) is 24.4 Å². The van der Waals surface area contributed by atoms with E-state index in [0.717, 1.165) is 23.4 Å². The molecule has 0 unspecified atom stereocenters. The van der Waals surface area contributed by atoms with Crippen molar-refractivity contribution in [3.05, 3.63) is 89.0 Å². The molecule has 1 aliphatic carbocycles. The Bertz CT molecular complexity index is 1180. The maximum Gasteiger partial charge on any atom is 0.363 e. The zero-order valence-electron chi connectivity index (χ0n) is 19.3. The third-order valence-electron chi connectivity index (χ3n) is 6.78. The van der Waals surface area contributed by atoms with Crippen LogP contribution >= 0.6 is 7.60 Å². The van der Waals surface area contributed by atoms with E-state index in [2.05, 4.69) is 47.8 Å². The van der Waals surface area contributed by atoms with E-state index in [4.69, 9.17) is 13.8 Å². The second-order valence-electron chi connectivity index (χ2n) is 8.51. The molecule has 0 aromatic heterocycles. The molecule has 1 aliphatic heterocycles. The summed E-state index contributed by atoms with van der Waals surface area (Å²) in [5.74, 6) is 1.39. The molecule has 3 atom stereocenters. The van der Waals surface area contributed by atoms with Gasteiger partial charge in [0, 0.05) is 5.92 Å². The van der Waals surface area contributed by atoms with Gasteiger partial charge in [-0.3, -0.25) is 4.57 Å². The molecule has 0 spiro atoms. The fourth-order valence-electron chi connectivity index (χ4n) is 5.46. The monoisotopic (exact) mass is 463 g/mol. The van der Waals surface area contributed by atoms with Gasteiger partial charge < -0.3 is 19.1 Å². The van der Waals surface area contributed by atoms with Gasteiger partial charge in [0.15, 0.2) is 0 Å². The van der Waals surface area contributed by atoms with Crippen LogP contribution in [0.2, 0.25) is 0 Å². The molecule has 5 nitrogen and oxygen atoms in total. The summed E-state index contributed by atoms with van der Waals surface area (Å²) in [5, 5.41) is 4.39. The van der Waals surface area contributed by atoms with Crippen molar-refractivity contribution in [3.63, 3.8) is 0 Å². The summed E-state index contributed by atoms with van der Waals surface area (Å²) in [7, 11) is -1.79. The molecular weight excluding hydrogens is 433 g/mol. The van der Waals surface area contributed by atoms with Crippen molar-refractivity contribution in [1.29, 1.82) is 0 Å². The van der Waals surface area contributed by atoms with Gasteiger partial charge in [-0.2, -0.15) is 0 Å². The van der Waals surface area contributed by atoms with Gasteiger partial charge in [0.25, 0.3) is 0 Å². The van der Waals surface area contributed by atoms with Crippen molar-refractivity contribution < 1.29 is 18.3 Å². The van der Waals surface area contributed by atoms with Crippen molar-refractivity contribution in [1.82, 2.24) is 0 Å². The smallest absolute Gasteiger partial charge is 0.363 e. The molecular formula is C27H30NO4P. The van der Waals surface area contributed by atoms with Crippen molar-refractivity contribution >= 4 is 18.6 Å². The first kappa shape index (κ1) is 22.2. The van der Waals surface area contributed by atoms with Crippen molar-refractivity contribution in [2.75, 3.05) is 25.6 Å². The largest absolute Gasteiger partial charge is 0.497 e. The second-order valence-corrected chi connectivity index (χ2v) is 10.5. The number of benzene rings is 3. The highest BCUT2D eigenvalue weighted by Gasteiger charge is 2.45. The lowest BCUT2D eigenvalue weighted by atomic mass is 9.75. The van der Waals surface area contributed by atoms with Crippen LogP contribution in [0.15, 0.2) is 66.7 Å². The minimum Gasteiger partial charge on any atom is -0.497 e. The first-order valence-corrected chi connectivity index (χ1v) is 13.1. The zero-order valence-corrected chi connectivity index (χ0v) is 20.2. The number of anilines is 1. The van der Waals surface area contributed by atoms with Crippen molar-refractivity contribution in [2.45, 2.75) is 32.2 Å². The Balaban J connectivity index is 1.68. The minimum atomic E-state index is -3.47. The molecule has 0 saturated heterocycles. The molecule has 0 fully saturated rings. The summed E-state index contributed by atoms with van der Waals surface area (Å²) in [6.07, 6.45) is 0.989. The lowest BCUT2D eigenvalue weighted by molar-refractivity contribution is 0.230. The molecule has 3 aromatic rings. The fraction of sp³-hybridized carbons (Fsp3) is 0.333. The maximum atomic E-state index is 13.9.